The number of fused-ring (bicyclic) bond motifs is 1. The van der Waals surface area contributed by atoms with Gasteiger partial charge in [-0.1, -0.05) is 0 Å². The molecule has 0 bridgehead atoms. The number of primary amides is 1. The molecule has 0 spiro atoms. The fourth-order valence-electron chi connectivity index (χ4n) is 3.85. The van der Waals surface area contributed by atoms with E-state index in [2.05, 4.69) is 4.98 Å². The first-order chi connectivity index (χ1) is 15.5. The van der Waals surface area contributed by atoms with E-state index in [1.807, 2.05) is 0 Å². The highest BCUT2D eigenvalue weighted by Crippen LogP contribution is 2.48. The molecule has 29 heavy (non-hydrogen) atoms. The number of carbonyl (C=O) groups is 2. The highest BCUT2D eigenvalue weighted by atomic mass is 19.1. The second kappa shape index (κ2) is 7.39. The summed E-state index contributed by atoms with van der Waals surface area (Å²) in [7, 11) is 0. The lowest BCUT2D eigenvalue weighted by molar-refractivity contribution is -0.128. The summed E-state index contributed by atoms with van der Waals surface area (Å²) >= 11 is 0. The van der Waals surface area contributed by atoms with Gasteiger partial charge in [-0.3, -0.25) is 9.59 Å². The number of carbonyl (C=O) groups excluding carboxylic acids is 2. The zero-order chi connectivity index (χ0) is 24.2. The third kappa shape index (κ3) is 3.64. The summed E-state index contributed by atoms with van der Waals surface area (Å²) in [6, 6.07) is -1.31. The number of hydrogen-bond acceptors (Lipinski definition) is 2. The van der Waals surface area contributed by atoms with Gasteiger partial charge in [0.15, 0.2) is 0 Å². The van der Waals surface area contributed by atoms with Crippen molar-refractivity contribution in [1.82, 2.24) is 4.98 Å². The number of H-pyrrole nitrogens is 1. The summed E-state index contributed by atoms with van der Waals surface area (Å²) < 4.78 is 74.6. The second-order valence-electron chi connectivity index (χ2n) is 7.21. The molecule has 7 heteroatoms. The Morgan fingerprint density at radius 1 is 1.07 bits per heavy atom. The molecule has 4 rings (SSSR count). The van der Waals surface area contributed by atoms with Gasteiger partial charge in [0, 0.05) is 30.2 Å². The average Bonchev–Trinajstić information content (AvgIpc) is 3.07. The molecule has 3 aromatic rings. The monoisotopic (exact) mass is 404 g/mol. The summed E-state index contributed by atoms with van der Waals surface area (Å²) in [6.45, 7) is 0. The third-order valence-electron chi connectivity index (χ3n) is 5.33. The normalized spacial score (nSPS) is 20.5. The number of nitrogens with two attached hydrogens (primary N) is 1. The Labute approximate surface area is 170 Å². The van der Waals surface area contributed by atoms with E-state index in [-0.39, 0.29) is 52.6 Å². The molecule has 0 unspecified atom stereocenters. The van der Waals surface area contributed by atoms with Crippen molar-refractivity contribution in [1.29, 1.82) is 0 Å². The molecular formula is C22H19F3N2O2. The highest BCUT2D eigenvalue weighted by molar-refractivity contribution is 5.93. The summed E-state index contributed by atoms with van der Waals surface area (Å²) in [5.74, 6) is -4.60. The smallest absolute Gasteiger partial charge is 0.217 e. The number of aromatic amines is 1. The molecule has 1 heterocycles. The van der Waals surface area contributed by atoms with Crippen molar-refractivity contribution in [2.45, 2.75) is 31.6 Å². The number of benzene rings is 2. The van der Waals surface area contributed by atoms with Crippen molar-refractivity contribution in [2.75, 3.05) is 0 Å². The van der Waals surface area contributed by atoms with E-state index in [4.69, 9.17) is 11.2 Å². The van der Waals surface area contributed by atoms with Gasteiger partial charge >= 0.3 is 0 Å². The Hall–Kier alpha value is -3.09. The lowest BCUT2D eigenvalue weighted by atomic mass is 9.68. The SMILES string of the molecule is [2H]c1c([2H])c(-c2[nH]c3c(F)cc(F)cc3c2C2CC(C(=O)CCC(N)=O)C2)c([2H])c([2H])c1F. The number of halogens is 3. The third-order valence-corrected chi connectivity index (χ3v) is 5.33. The Kier molecular flexibility index (Phi) is 3.78. The molecule has 3 N–H and O–H groups in total. The van der Waals surface area contributed by atoms with E-state index >= 15 is 0 Å². The number of amides is 1. The van der Waals surface area contributed by atoms with Gasteiger partial charge in [0.1, 0.15) is 23.2 Å². The summed E-state index contributed by atoms with van der Waals surface area (Å²) in [5.41, 5.74) is 5.10. The minimum atomic E-state index is -1.31. The maximum Gasteiger partial charge on any atom is 0.217 e. The zero-order valence-corrected chi connectivity index (χ0v) is 15.2. The number of hydrogen-bond donors (Lipinski definition) is 2. The molecule has 1 saturated carbocycles. The van der Waals surface area contributed by atoms with Crippen LogP contribution in [0.25, 0.3) is 22.2 Å². The van der Waals surface area contributed by atoms with Crippen LogP contribution in [0.4, 0.5) is 13.2 Å². The standard InChI is InChI=1S/C22H19F3N2O2/c23-14-3-1-11(2-4-14)21-20(16-9-15(24)10-17(25)22(16)27-21)13-7-12(8-13)18(28)5-6-19(26)29/h1-4,9-10,12-13,27H,5-8H2,(H2,26,29)/i1D,2D,3D,4D. The lowest BCUT2D eigenvalue weighted by Gasteiger charge is -2.35. The van der Waals surface area contributed by atoms with Gasteiger partial charge in [-0.05, 0) is 60.1 Å². The van der Waals surface area contributed by atoms with E-state index in [0.717, 1.165) is 6.07 Å². The Balaban J connectivity index is 1.84. The van der Waals surface area contributed by atoms with Crippen LogP contribution in [0.2, 0.25) is 0 Å². The van der Waals surface area contributed by atoms with Gasteiger partial charge in [0.2, 0.25) is 5.91 Å². The number of Topliss-reactive ketones (excluding diaryl/α,β-unsaturated/α-hetero) is 1. The van der Waals surface area contributed by atoms with Crippen LogP contribution >= 0.6 is 0 Å². The van der Waals surface area contributed by atoms with Gasteiger partial charge in [-0.25, -0.2) is 13.2 Å². The van der Waals surface area contributed by atoms with Crippen LogP contribution in [0, 0.1) is 23.4 Å². The van der Waals surface area contributed by atoms with Crippen LogP contribution in [-0.4, -0.2) is 16.7 Å². The van der Waals surface area contributed by atoms with Crippen molar-refractivity contribution in [3.05, 3.63) is 59.3 Å². The molecule has 0 aliphatic heterocycles. The molecule has 1 aromatic heterocycles. The molecule has 2 aromatic carbocycles. The van der Waals surface area contributed by atoms with E-state index in [1.165, 1.54) is 0 Å². The van der Waals surface area contributed by atoms with Crippen LogP contribution in [0.1, 0.15) is 42.6 Å². The average molecular weight is 404 g/mol. The van der Waals surface area contributed by atoms with Crippen LogP contribution in [-0.2, 0) is 9.59 Å². The molecule has 0 radical (unpaired) electrons. The predicted octanol–water partition coefficient (Wildman–Crippen LogP) is 4.58. The van der Waals surface area contributed by atoms with E-state index in [0.29, 0.717) is 24.5 Å². The van der Waals surface area contributed by atoms with Crippen LogP contribution < -0.4 is 5.73 Å². The fraction of sp³-hybridized carbons (Fsp3) is 0.273. The predicted molar refractivity (Wildman–Crippen MR) is 103 cm³/mol. The van der Waals surface area contributed by atoms with Crippen molar-refractivity contribution < 1.29 is 28.2 Å². The van der Waals surface area contributed by atoms with Crippen molar-refractivity contribution in [2.24, 2.45) is 11.7 Å². The van der Waals surface area contributed by atoms with E-state index in [1.54, 1.807) is 0 Å². The fourth-order valence-corrected chi connectivity index (χ4v) is 3.85. The maximum absolute atomic E-state index is 14.5. The van der Waals surface area contributed by atoms with E-state index in [9.17, 15) is 22.8 Å². The summed E-state index contributed by atoms with van der Waals surface area (Å²) in [5, 5.41) is 0.150. The minimum absolute atomic E-state index is 0.00712. The molecule has 1 aliphatic carbocycles. The molecule has 1 aliphatic rings. The Morgan fingerprint density at radius 2 is 1.76 bits per heavy atom. The van der Waals surface area contributed by atoms with Crippen molar-refractivity contribution in [3.63, 3.8) is 0 Å². The first-order valence-electron chi connectivity index (χ1n) is 11.1. The van der Waals surface area contributed by atoms with Crippen molar-refractivity contribution >= 4 is 22.6 Å². The first kappa shape index (κ1) is 14.8. The van der Waals surface area contributed by atoms with Gasteiger partial charge in [0.05, 0.1) is 16.7 Å². The molecule has 0 saturated heterocycles. The van der Waals surface area contributed by atoms with Gasteiger partial charge in [-0.15, -0.1) is 0 Å². The summed E-state index contributed by atoms with van der Waals surface area (Å²) in [4.78, 5) is 26.0. The lowest BCUT2D eigenvalue weighted by Crippen LogP contribution is -2.30. The number of ketones is 1. The van der Waals surface area contributed by atoms with Gasteiger partial charge in [-0.2, -0.15) is 0 Å². The minimum Gasteiger partial charge on any atom is -0.370 e. The number of rotatable bonds is 6. The molecule has 1 fully saturated rings. The summed E-state index contributed by atoms with van der Waals surface area (Å²) in [6.07, 6.45) is 0.526. The van der Waals surface area contributed by atoms with Crippen LogP contribution in [0.5, 0.6) is 0 Å². The Morgan fingerprint density at radius 3 is 2.41 bits per heavy atom. The van der Waals surface area contributed by atoms with Crippen LogP contribution in [0.3, 0.4) is 0 Å². The highest BCUT2D eigenvalue weighted by Gasteiger charge is 2.38. The number of nitrogens with one attached hydrogen (secondary N) is 1. The van der Waals surface area contributed by atoms with Crippen LogP contribution in [0.15, 0.2) is 36.3 Å². The second-order valence-corrected chi connectivity index (χ2v) is 7.21. The first-order valence-corrected chi connectivity index (χ1v) is 9.09. The molecule has 150 valence electrons. The molecule has 1 amide bonds. The van der Waals surface area contributed by atoms with Crippen molar-refractivity contribution in [3.8, 4) is 11.3 Å². The zero-order valence-electron chi connectivity index (χ0n) is 19.2. The quantitative estimate of drug-likeness (QED) is 0.631. The topological polar surface area (TPSA) is 75.9 Å². The van der Waals surface area contributed by atoms with E-state index < -0.39 is 47.5 Å². The molecule has 4 nitrogen and oxygen atoms in total. The number of aromatic nitrogens is 1. The molecule has 0 atom stereocenters. The van der Waals surface area contributed by atoms with Gasteiger partial charge in [0.25, 0.3) is 0 Å². The maximum atomic E-state index is 14.5. The van der Waals surface area contributed by atoms with Gasteiger partial charge < -0.3 is 10.7 Å². The molecular weight excluding hydrogens is 381 g/mol. The largest absolute Gasteiger partial charge is 0.370 e. The Bertz CT molecular complexity index is 1290.